The zero-order valence-electron chi connectivity index (χ0n) is 15.0. The number of hydrogen-bond acceptors (Lipinski definition) is 5. The number of carbonyl (C=O) groups excluding carboxylic acids is 2. The Morgan fingerprint density at radius 2 is 2.15 bits per heavy atom. The van der Waals surface area contributed by atoms with Crippen LogP contribution in [0.5, 0.6) is 0 Å². The summed E-state index contributed by atoms with van der Waals surface area (Å²) >= 11 is 0. The summed E-state index contributed by atoms with van der Waals surface area (Å²) < 4.78 is 26.0. The molecule has 1 saturated heterocycles. The summed E-state index contributed by atoms with van der Waals surface area (Å²) in [5.74, 6) is -0.527. The Morgan fingerprint density at radius 1 is 1.35 bits per heavy atom. The summed E-state index contributed by atoms with van der Waals surface area (Å²) in [7, 11) is -3.42. The molecule has 144 valence electrons. The van der Waals surface area contributed by atoms with E-state index in [-0.39, 0.29) is 30.5 Å². The maximum absolute atomic E-state index is 12.4. The number of amides is 2. The molecule has 1 aliphatic rings. The second-order valence-corrected chi connectivity index (χ2v) is 8.31. The maximum Gasteiger partial charge on any atom is 0.238 e. The molecular weight excluding hydrogens is 356 g/mol. The first kappa shape index (κ1) is 20.3. The van der Waals surface area contributed by atoms with Crippen LogP contribution in [0.25, 0.3) is 0 Å². The highest BCUT2D eigenvalue weighted by atomic mass is 32.2. The predicted octanol–water partition coefficient (Wildman–Crippen LogP) is 1.12. The van der Waals surface area contributed by atoms with Gasteiger partial charge in [-0.1, -0.05) is 13.3 Å². The quantitative estimate of drug-likeness (QED) is 0.700. The normalized spacial score (nSPS) is 18.3. The van der Waals surface area contributed by atoms with E-state index < -0.39 is 16.1 Å². The lowest BCUT2D eigenvalue weighted by atomic mass is 10.0. The second kappa shape index (κ2) is 9.63. The molecule has 8 nitrogen and oxygen atoms in total. The van der Waals surface area contributed by atoms with Crippen molar-refractivity contribution in [1.82, 2.24) is 14.6 Å². The molecule has 1 atom stereocenters. The highest BCUT2D eigenvalue weighted by Crippen LogP contribution is 2.21. The molecule has 0 spiro atoms. The molecule has 2 amide bonds. The second-order valence-electron chi connectivity index (χ2n) is 6.27. The van der Waals surface area contributed by atoms with Gasteiger partial charge >= 0.3 is 0 Å². The summed E-state index contributed by atoms with van der Waals surface area (Å²) in [6, 6.07) is 2.76. The van der Waals surface area contributed by atoms with Gasteiger partial charge in [0.2, 0.25) is 21.8 Å². The van der Waals surface area contributed by atoms with Crippen LogP contribution in [0.3, 0.4) is 0 Å². The van der Waals surface area contributed by atoms with Crippen LogP contribution in [0.15, 0.2) is 24.5 Å². The van der Waals surface area contributed by atoms with Crippen molar-refractivity contribution in [3.8, 4) is 0 Å². The van der Waals surface area contributed by atoms with E-state index in [1.807, 2.05) is 0 Å². The molecule has 9 heteroatoms. The van der Waals surface area contributed by atoms with Crippen LogP contribution in [0, 0.1) is 0 Å². The van der Waals surface area contributed by atoms with Crippen molar-refractivity contribution in [2.45, 2.75) is 45.1 Å². The fourth-order valence-electron chi connectivity index (χ4n) is 2.95. The Labute approximate surface area is 154 Å². The van der Waals surface area contributed by atoms with Gasteiger partial charge in [0.15, 0.2) is 0 Å². The number of carbonyl (C=O) groups is 2. The summed E-state index contributed by atoms with van der Waals surface area (Å²) in [5, 5.41) is 5.38. The van der Waals surface area contributed by atoms with Crippen molar-refractivity contribution in [1.29, 1.82) is 0 Å². The third-order valence-electron chi connectivity index (χ3n) is 4.17. The van der Waals surface area contributed by atoms with Gasteiger partial charge in [0.1, 0.15) is 6.04 Å². The lowest BCUT2D eigenvalue weighted by molar-refractivity contribution is -0.125. The van der Waals surface area contributed by atoms with Crippen LogP contribution in [0.2, 0.25) is 0 Å². The third kappa shape index (κ3) is 5.77. The lowest BCUT2D eigenvalue weighted by Gasteiger charge is -2.33. The van der Waals surface area contributed by atoms with Gasteiger partial charge in [0, 0.05) is 25.7 Å². The molecule has 1 unspecified atom stereocenters. The number of piperidine rings is 1. The Balaban J connectivity index is 1.84. The molecule has 1 aromatic heterocycles. The first-order valence-electron chi connectivity index (χ1n) is 8.91. The van der Waals surface area contributed by atoms with Crippen LogP contribution in [0.4, 0.5) is 5.69 Å². The molecule has 26 heavy (non-hydrogen) atoms. The van der Waals surface area contributed by atoms with E-state index >= 15 is 0 Å². The number of anilines is 1. The van der Waals surface area contributed by atoms with Gasteiger partial charge in [0.05, 0.1) is 17.6 Å². The number of sulfonamides is 1. The van der Waals surface area contributed by atoms with Crippen molar-refractivity contribution in [2.75, 3.05) is 24.2 Å². The van der Waals surface area contributed by atoms with Gasteiger partial charge in [-0.3, -0.25) is 14.6 Å². The van der Waals surface area contributed by atoms with E-state index in [2.05, 4.69) is 15.6 Å². The number of aromatic nitrogens is 1. The smallest absolute Gasteiger partial charge is 0.238 e. The number of rotatable bonds is 8. The van der Waals surface area contributed by atoms with Crippen molar-refractivity contribution < 1.29 is 18.0 Å². The van der Waals surface area contributed by atoms with Crippen LogP contribution in [-0.4, -0.2) is 54.4 Å². The molecule has 0 aromatic carbocycles. The largest absolute Gasteiger partial charge is 0.354 e. The molecule has 1 fully saturated rings. The van der Waals surface area contributed by atoms with E-state index in [0.29, 0.717) is 25.1 Å². The Hall–Kier alpha value is -2.00. The van der Waals surface area contributed by atoms with Crippen LogP contribution >= 0.6 is 0 Å². The van der Waals surface area contributed by atoms with Crippen molar-refractivity contribution >= 4 is 27.5 Å². The lowest BCUT2D eigenvalue weighted by Crippen LogP contribution is -2.52. The molecular formula is C17H26N4O4S. The molecule has 2 N–H and O–H groups in total. The molecule has 0 saturated carbocycles. The number of hydrogen-bond donors (Lipinski definition) is 2. The summed E-state index contributed by atoms with van der Waals surface area (Å²) in [6.45, 7) is 2.34. The van der Waals surface area contributed by atoms with Crippen LogP contribution < -0.4 is 10.6 Å². The molecule has 0 radical (unpaired) electrons. The summed E-state index contributed by atoms with van der Waals surface area (Å²) in [6.07, 6.45) is 5.86. The van der Waals surface area contributed by atoms with Gasteiger partial charge in [-0.15, -0.1) is 0 Å². The average molecular weight is 382 g/mol. The van der Waals surface area contributed by atoms with E-state index in [9.17, 15) is 18.0 Å². The van der Waals surface area contributed by atoms with Crippen LogP contribution in [0.1, 0.15) is 39.0 Å². The Morgan fingerprint density at radius 3 is 2.85 bits per heavy atom. The standard InChI is InChI=1S/C17H26N4O4S/c1-2-12-26(24,25)21-11-4-3-7-15(21)17(23)19-10-8-16(22)20-14-6-5-9-18-13-14/h5-6,9,13,15H,2-4,7-8,10-12H2,1H3,(H,19,23)(H,20,22). The highest BCUT2D eigenvalue weighted by Gasteiger charge is 2.35. The van der Waals surface area contributed by atoms with Crippen LogP contribution in [-0.2, 0) is 19.6 Å². The first-order valence-corrected chi connectivity index (χ1v) is 10.5. The maximum atomic E-state index is 12.4. The minimum atomic E-state index is -3.42. The zero-order chi connectivity index (χ0) is 19.0. The number of nitrogens with one attached hydrogen (secondary N) is 2. The fourth-order valence-corrected chi connectivity index (χ4v) is 4.70. The molecule has 2 rings (SSSR count). The average Bonchev–Trinajstić information content (AvgIpc) is 2.62. The van der Waals surface area contributed by atoms with E-state index in [4.69, 9.17) is 0 Å². The molecule has 0 bridgehead atoms. The van der Waals surface area contributed by atoms with Crippen molar-refractivity contribution in [3.63, 3.8) is 0 Å². The van der Waals surface area contributed by atoms with Crippen molar-refractivity contribution in [2.24, 2.45) is 0 Å². The predicted molar refractivity (Wildman–Crippen MR) is 98.9 cm³/mol. The monoisotopic (exact) mass is 382 g/mol. The van der Waals surface area contributed by atoms with Gasteiger partial charge in [-0.2, -0.15) is 4.31 Å². The van der Waals surface area contributed by atoms with E-state index in [1.165, 1.54) is 10.5 Å². The van der Waals surface area contributed by atoms with Gasteiger partial charge < -0.3 is 10.6 Å². The summed E-state index contributed by atoms with van der Waals surface area (Å²) in [4.78, 5) is 28.2. The topological polar surface area (TPSA) is 108 Å². The van der Waals surface area contributed by atoms with Gasteiger partial charge in [-0.05, 0) is 31.4 Å². The SMILES string of the molecule is CCCS(=O)(=O)N1CCCCC1C(=O)NCCC(=O)Nc1cccnc1. The first-order chi connectivity index (χ1) is 12.4. The van der Waals surface area contributed by atoms with E-state index in [0.717, 1.165) is 12.8 Å². The Bertz CT molecular complexity index is 709. The van der Waals surface area contributed by atoms with E-state index in [1.54, 1.807) is 25.3 Å². The number of pyridine rings is 1. The van der Waals surface area contributed by atoms with Crippen molar-refractivity contribution in [3.05, 3.63) is 24.5 Å². The molecule has 1 aliphatic heterocycles. The fraction of sp³-hybridized carbons (Fsp3) is 0.588. The summed E-state index contributed by atoms with van der Waals surface area (Å²) in [5.41, 5.74) is 0.591. The molecule has 2 heterocycles. The van der Waals surface area contributed by atoms with Gasteiger partial charge in [0.25, 0.3) is 0 Å². The minimum Gasteiger partial charge on any atom is -0.354 e. The molecule has 0 aliphatic carbocycles. The zero-order valence-corrected chi connectivity index (χ0v) is 15.8. The highest BCUT2D eigenvalue weighted by molar-refractivity contribution is 7.89. The molecule has 1 aromatic rings. The van der Waals surface area contributed by atoms with Gasteiger partial charge in [-0.25, -0.2) is 8.42 Å². The Kier molecular flexibility index (Phi) is 7.52. The minimum absolute atomic E-state index is 0.0459. The third-order valence-corrected chi connectivity index (χ3v) is 6.25. The number of nitrogens with zero attached hydrogens (tertiary/aromatic N) is 2.